The molecule has 2 aliphatic rings. The van der Waals surface area contributed by atoms with E-state index in [0.717, 1.165) is 62.1 Å². The fourth-order valence-corrected chi connectivity index (χ4v) is 6.76. The summed E-state index contributed by atoms with van der Waals surface area (Å²) in [5, 5.41) is 11.5. The second-order valence-electron chi connectivity index (χ2n) is 11.7. The standard InChI is InChI=1S/C36H40FNO2/c37-21-3-1-2-5-25-8-15-31(16-9-25)40-32-17-12-27(13-18-32)36-33(29-11-10-26-20-22-38-35(26)24-29)7-4-6-28-23-30(39)14-19-34(28)36/h10-14,17-20,22-25,31,38-39H,1-9,15-16,21H2. The van der Waals surface area contributed by atoms with Gasteiger partial charge in [-0.1, -0.05) is 49.6 Å². The number of halogens is 1. The minimum atomic E-state index is -0.183. The number of fused-ring (bicyclic) bond motifs is 2. The highest BCUT2D eigenvalue weighted by atomic mass is 19.1. The lowest BCUT2D eigenvalue weighted by molar-refractivity contribution is 0.127. The normalized spacial score (nSPS) is 19.4. The van der Waals surface area contributed by atoms with Gasteiger partial charge < -0.3 is 14.8 Å². The minimum absolute atomic E-state index is 0.183. The Balaban J connectivity index is 1.24. The Hall–Kier alpha value is -3.53. The third kappa shape index (κ3) is 5.96. The van der Waals surface area contributed by atoms with Gasteiger partial charge in [-0.05, 0) is 132 Å². The van der Waals surface area contributed by atoms with Gasteiger partial charge in [0.25, 0.3) is 0 Å². The molecule has 0 radical (unpaired) electrons. The van der Waals surface area contributed by atoms with Gasteiger partial charge in [0, 0.05) is 11.7 Å². The second-order valence-corrected chi connectivity index (χ2v) is 11.7. The largest absolute Gasteiger partial charge is 0.508 e. The number of unbranched alkanes of at least 4 members (excludes halogenated alkanes) is 2. The number of phenolic OH excluding ortho intramolecular Hbond substituents is 1. The summed E-state index contributed by atoms with van der Waals surface area (Å²) in [5.74, 6) is 2.03. The number of nitrogens with one attached hydrogen (secondary N) is 1. The summed E-state index contributed by atoms with van der Waals surface area (Å²) in [5.41, 5.74) is 8.57. The molecule has 1 fully saturated rings. The molecule has 208 valence electrons. The van der Waals surface area contributed by atoms with Crippen LogP contribution in [0.25, 0.3) is 22.0 Å². The monoisotopic (exact) mass is 537 g/mol. The van der Waals surface area contributed by atoms with Crippen molar-refractivity contribution >= 4 is 22.0 Å². The van der Waals surface area contributed by atoms with Gasteiger partial charge in [0.15, 0.2) is 0 Å². The van der Waals surface area contributed by atoms with Crippen LogP contribution in [-0.4, -0.2) is 22.9 Å². The first-order chi connectivity index (χ1) is 19.7. The molecule has 4 heteroatoms. The summed E-state index contributed by atoms with van der Waals surface area (Å²) >= 11 is 0. The van der Waals surface area contributed by atoms with Crippen LogP contribution in [0.15, 0.2) is 72.9 Å². The average Bonchev–Trinajstić information content (AvgIpc) is 3.37. The Morgan fingerprint density at radius 2 is 1.65 bits per heavy atom. The smallest absolute Gasteiger partial charge is 0.119 e. The number of rotatable bonds is 9. The number of H-pyrrole nitrogens is 1. The minimum Gasteiger partial charge on any atom is -0.508 e. The first-order valence-corrected chi connectivity index (χ1v) is 15.1. The highest BCUT2D eigenvalue weighted by Crippen LogP contribution is 2.41. The molecule has 3 nitrogen and oxygen atoms in total. The Labute approximate surface area is 237 Å². The van der Waals surface area contributed by atoms with Crippen molar-refractivity contribution in [1.82, 2.24) is 4.98 Å². The zero-order chi connectivity index (χ0) is 27.3. The molecule has 3 aromatic carbocycles. The van der Waals surface area contributed by atoms with Crippen LogP contribution in [0.4, 0.5) is 4.39 Å². The van der Waals surface area contributed by atoms with Crippen LogP contribution in [0.3, 0.4) is 0 Å². The topological polar surface area (TPSA) is 45.2 Å². The zero-order valence-electron chi connectivity index (χ0n) is 23.3. The molecule has 0 spiro atoms. The predicted molar refractivity (Wildman–Crippen MR) is 163 cm³/mol. The number of aromatic amines is 1. The van der Waals surface area contributed by atoms with Crippen molar-refractivity contribution in [3.63, 3.8) is 0 Å². The van der Waals surface area contributed by atoms with E-state index in [4.69, 9.17) is 4.74 Å². The van der Waals surface area contributed by atoms with Crippen molar-refractivity contribution in [2.24, 2.45) is 5.92 Å². The van der Waals surface area contributed by atoms with Crippen LogP contribution < -0.4 is 4.74 Å². The fraction of sp³-hybridized carbons (Fsp3) is 0.389. The lowest BCUT2D eigenvalue weighted by atomic mass is 9.84. The highest BCUT2D eigenvalue weighted by molar-refractivity contribution is 6.01. The number of aromatic nitrogens is 1. The Morgan fingerprint density at radius 1 is 0.825 bits per heavy atom. The van der Waals surface area contributed by atoms with E-state index in [2.05, 4.69) is 59.6 Å². The van der Waals surface area contributed by atoms with Crippen LogP contribution in [-0.2, 0) is 6.42 Å². The first kappa shape index (κ1) is 26.7. The van der Waals surface area contributed by atoms with E-state index in [1.165, 1.54) is 58.0 Å². The van der Waals surface area contributed by atoms with Gasteiger partial charge in [-0.3, -0.25) is 4.39 Å². The number of allylic oxidation sites excluding steroid dienone is 1. The van der Waals surface area contributed by atoms with Crippen LogP contribution in [0.2, 0.25) is 0 Å². The third-order valence-electron chi connectivity index (χ3n) is 8.92. The summed E-state index contributed by atoms with van der Waals surface area (Å²) < 4.78 is 18.8. The lowest BCUT2D eigenvalue weighted by Gasteiger charge is -2.29. The Morgan fingerprint density at radius 3 is 2.48 bits per heavy atom. The number of phenols is 1. The molecule has 0 amide bonds. The van der Waals surface area contributed by atoms with Gasteiger partial charge in [-0.25, -0.2) is 0 Å². The summed E-state index contributed by atoms with van der Waals surface area (Å²) in [6, 6.07) is 23.3. The highest BCUT2D eigenvalue weighted by Gasteiger charge is 2.23. The van der Waals surface area contributed by atoms with E-state index in [1.54, 1.807) is 0 Å². The molecule has 1 saturated carbocycles. The second kappa shape index (κ2) is 12.3. The van der Waals surface area contributed by atoms with E-state index in [1.807, 2.05) is 18.3 Å². The van der Waals surface area contributed by atoms with Crippen LogP contribution in [0.5, 0.6) is 11.5 Å². The average molecular weight is 538 g/mol. The molecular formula is C36H40FNO2. The van der Waals surface area contributed by atoms with Crippen LogP contribution in [0.1, 0.15) is 86.5 Å². The van der Waals surface area contributed by atoms with Crippen molar-refractivity contribution in [2.45, 2.75) is 76.7 Å². The molecule has 4 aromatic rings. The summed E-state index contributed by atoms with van der Waals surface area (Å²) in [6.07, 6.45) is 14.0. The number of aryl methyl sites for hydroxylation is 1. The van der Waals surface area contributed by atoms with Crippen molar-refractivity contribution in [2.75, 3.05) is 6.67 Å². The Kier molecular flexibility index (Phi) is 8.22. The summed E-state index contributed by atoms with van der Waals surface area (Å²) in [6.45, 7) is -0.183. The number of aromatic hydroxyl groups is 1. The van der Waals surface area contributed by atoms with E-state index < -0.39 is 0 Å². The van der Waals surface area contributed by atoms with Crippen molar-refractivity contribution < 1.29 is 14.2 Å². The molecule has 0 aliphatic heterocycles. The molecule has 0 saturated heterocycles. The van der Waals surface area contributed by atoms with Crippen molar-refractivity contribution in [3.8, 4) is 11.5 Å². The Bertz CT molecular complexity index is 1460. The van der Waals surface area contributed by atoms with E-state index in [9.17, 15) is 9.50 Å². The SMILES string of the molecule is Oc1ccc2c(c1)CCCC(c1ccc3cc[nH]c3c1)=C2c1ccc(OC2CCC(CCCCCF)CC2)cc1. The van der Waals surface area contributed by atoms with E-state index in [-0.39, 0.29) is 12.8 Å². The summed E-state index contributed by atoms with van der Waals surface area (Å²) in [4.78, 5) is 3.37. The fourth-order valence-electron chi connectivity index (χ4n) is 6.76. The first-order valence-electron chi connectivity index (χ1n) is 15.1. The molecule has 0 atom stereocenters. The van der Waals surface area contributed by atoms with Gasteiger partial charge >= 0.3 is 0 Å². The summed E-state index contributed by atoms with van der Waals surface area (Å²) in [7, 11) is 0. The number of hydrogen-bond donors (Lipinski definition) is 2. The maximum absolute atomic E-state index is 12.4. The number of hydrogen-bond acceptors (Lipinski definition) is 2. The lowest BCUT2D eigenvalue weighted by Crippen LogP contribution is -2.24. The van der Waals surface area contributed by atoms with Crippen LogP contribution in [0, 0.1) is 5.92 Å². The van der Waals surface area contributed by atoms with Gasteiger partial charge in [0.05, 0.1) is 12.8 Å². The number of benzene rings is 3. The number of ether oxygens (including phenoxy) is 1. The van der Waals surface area contributed by atoms with Crippen molar-refractivity contribution in [1.29, 1.82) is 0 Å². The molecule has 40 heavy (non-hydrogen) atoms. The molecule has 0 bridgehead atoms. The van der Waals surface area contributed by atoms with Gasteiger partial charge in [0.1, 0.15) is 11.5 Å². The third-order valence-corrected chi connectivity index (χ3v) is 8.92. The molecule has 2 N–H and O–H groups in total. The number of alkyl halides is 1. The quantitative estimate of drug-likeness (QED) is 0.209. The molecule has 1 aromatic heterocycles. The van der Waals surface area contributed by atoms with Gasteiger partial charge in [0.2, 0.25) is 0 Å². The molecular weight excluding hydrogens is 497 g/mol. The molecule has 1 heterocycles. The predicted octanol–water partition coefficient (Wildman–Crippen LogP) is 9.64. The maximum atomic E-state index is 12.4. The van der Waals surface area contributed by atoms with E-state index >= 15 is 0 Å². The van der Waals surface area contributed by atoms with Crippen LogP contribution >= 0.6 is 0 Å². The molecule has 0 unspecified atom stereocenters. The molecule has 6 rings (SSSR count). The molecule has 2 aliphatic carbocycles. The zero-order valence-corrected chi connectivity index (χ0v) is 23.3. The maximum Gasteiger partial charge on any atom is 0.119 e. The van der Waals surface area contributed by atoms with E-state index in [0.29, 0.717) is 12.2 Å². The van der Waals surface area contributed by atoms with Gasteiger partial charge in [-0.15, -0.1) is 0 Å². The van der Waals surface area contributed by atoms with Crippen molar-refractivity contribution in [3.05, 3.63) is 95.2 Å². The van der Waals surface area contributed by atoms with Gasteiger partial charge in [-0.2, -0.15) is 0 Å².